The highest BCUT2D eigenvalue weighted by Gasteiger charge is 2.14. The van der Waals surface area contributed by atoms with Crippen molar-refractivity contribution >= 4 is 35.2 Å². The molecule has 0 saturated heterocycles. The molecule has 30 heavy (non-hydrogen) atoms. The van der Waals surface area contributed by atoms with E-state index in [1.54, 1.807) is 66.9 Å². The number of nitrogens with zero attached hydrogens (tertiary/aromatic N) is 2. The van der Waals surface area contributed by atoms with Crippen molar-refractivity contribution in [2.75, 3.05) is 10.6 Å². The fourth-order valence-corrected chi connectivity index (χ4v) is 2.58. The molecule has 3 aromatic rings. The van der Waals surface area contributed by atoms with Gasteiger partial charge in [0.05, 0.1) is 16.9 Å². The van der Waals surface area contributed by atoms with E-state index in [9.17, 15) is 9.59 Å². The van der Waals surface area contributed by atoms with Crippen LogP contribution in [0.4, 0.5) is 17.2 Å². The van der Waals surface area contributed by atoms with Gasteiger partial charge in [-0.2, -0.15) is 0 Å². The van der Waals surface area contributed by atoms with Crippen molar-refractivity contribution in [3.8, 4) is 12.3 Å². The molecule has 0 aliphatic carbocycles. The van der Waals surface area contributed by atoms with Gasteiger partial charge in [0.2, 0.25) is 0 Å². The third-order valence-electron chi connectivity index (χ3n) is 4.09. The summed E-state index contributed by atoms with van der Waals surface area (Å²) >= 11 is 0. The van der Waals surface area contributed by atoms with Crippen LogP contribution in [-0.4, -0.2) is 23.0 Å². The standard InChI is InChI=1S/C24H19N4O2/c1-3-15-25-19-12-10-18(11-13-19)23(29)27-21-8-6-5-7-20(21)24(30)28-22-14-9-17(4-2)16-26-22/h2-3,5-16H,1H3,(H,27,29)(H,26,28,30). The number of nitrogens with one attached hydrogen (secondary N) is 2. The molecular formula is C24H19N4O2. The van der Waals surface area contributed by atoms with Gasteiger partial charge in [-0.05, 0) is 55.0 Å². The van der Waals surface area contributed by atoms with Crippen molar-refractivity contribution in [2.45, 2.75) is 6.92 Å². The van der Waals surface area contributed by atoms with Gasteiger partial charge in [0.15, 0.2) is 0 Å². The smallest absolute Gasteiger partial charge is 0.258 e. The first kappa shape index (κ1) is 20.5. The highest BCUT2D eigenvalue weighted by molar-refractivity contribution is 6.12. The largest absolute Gasteiger partial charge is 0.321 e. The van der Waals surface area contributed by atoms with Gasteiger partial charge in [-0.25, -0.2) is 4.98 Å². The van der Waals surface area contributed by atoms with Crippen molar-refractivity contribution in [2.24, 2.45) is 4.99 Å². The minimum atomic E-state index is -0.396. The summed E-state index contributed by atoms with van der Waals surface area (Å²) < 4.78 is 0. The van der Waals surface area contributed by atoms with Crippen LogP contribution in [0, 0.1) is 18.8 Å². The summed E-state index contributed by atoms with van der Waals surface area (Å²) in [5, 5.41) is 5.48. The molecule has 3 rings (SSSR count). The Labute approximate surface area is 175 Å². The highest BCUT2D eigenvalue weighted by atomic mass is 16.2. The monoisotopic (exact) mass is 395 g/mol. The molecular weight excluding hydrogens is 376 g/mol. The van der Waals surface area contributed by atoms with Gasteiger partial charge < -0.3 is 10.6 Å². The number of aliphatic imine (C=N–C) groups is 1. The molecule has 147 valence electrons. The van der Waals surface area contributed by atoms with Crippen molar-refractivity contribution in [3.05, 3.63) is 90.0 Å². The van der Waals surface area contributed by atoms with Crippen LogP contribution in [0.3, 0.4) is 0 Å². The molecule has 0 spiro atoms. The number of amides is 2. The van der Waals surface area contributed by atoms with Gasteiger partial charge in [0.25, 0.3) is 11.8 Å². The van der Waals surface area contributed by atoms with Gasteiger partial charge >= 0.3 is 0 Å². The maximum atomic E-state index is 12.7. The second-order valence-electron chi connectivity index (χ2n) is 6.19. The van der Waals surface area contributed by atoms with Gasteiger partial charge in [0, 0.05) is 23.5 Å². The van der Waals surface area contributed by atoms with Crippen LogP contribution < -0.4 is 10.6 Å². The summed E-state index contributed by atoms with van der Waals surface area (Å²) in [4.78, 5) is 33.6. The van der Waals surface area contributed by atoms with E-state index in [1.165, 1.54) is 6.20 Å². The van der Waals surface area contributed by atoms with E-state index in [1.807, 2.05) is 13.3 Å². The molecule has 6 nitrogen and oxygen atoms in total. The molecule has 1 radical (unpaired) electrons. The average Bonchev–Trinajstić information content (AvgIpc) is 2.78. The van der Waals surface area contributed by atoms with Crippen LogP contribution in [-0.2, 0) is 0 Å². The molecule has 0 unspecified atom stereocenters. The molecule has 0 aliphatic rings. The Morgan fingerprint density at radius 2 is 1.77 bits per heavy atom. The minimum absolute atomic E-state index is 0.313. The van der Waals surface area contributed by atoms with Crippen LogP contribution in [0.15, 0.2) is 71.9 Å². The fraction of sp³-hybridized carbons (Fsp3) is 0.0417. The Morgan fingerprint density at radius 3 is 2.43 bits per heavy atom. The molecule has 2 aromatic carbocycles. The van der Waals surface area contributed by atoms with Crippen molar-refractivity contribution in [1.29, 1.82) is 0 Å². The zero-order valence-corrected chi connectivity index (χ0v) is 16.3. The number of carbonyl (C=O) groups excluding carboxylic acids is 2. The van der Waals surface area contributed by atoms with E-state index in [2.05, 4.69) is 26.5 Å². The molecule has 2 N–H and O–H groups in total. The van der Waals surface area contributed by atoms with E-state index in [0.717, 1.165) is 5.69 Å². The second-order valence-corrected chi connectivity index (χ2v) is 6.19. The first-order valence-electron chi connectivity index (χ1n) is 9.17. The number of para-hydroxylation sites is 1. The zero-order chi connectivity index (χ0) is 21.3. The maximum Gasteiger partial charge on any atom is 0.258 e. The first-order valence-corrected chi connectivity index (χ1v) is 9.17. The Kier molecular flexibility index (Phi) is 6.70. The molecule has 0 aliphatic heterocycles. The lowest BCUT2D eigenvalue weighted by atomic mass is 10.1. The van der Waals surface area contributed by atoms with Crippen LogP contribution in [0.5, 0.6) is 0 Å². The number of carbonyl (C=O) groups is 2. The number of hydrogen-bond acceptors (Lipinski definition) is 4. The minimum Gasteiger partial charge on any atom is -0.321 e. The summed E-state index contributed by atoms with van der Waals surface area (Å²) in [5.74, 6) is 2.10. The van der Waals surface area contributed by atoms with Crippen molar-refractivity contribution in [1.82, 2.24) is 4.98 Å². The summed E-state index contributed by atoms with van der Waals surface area (Å²) in [6, 6.07) is 16.9. The molecule has 6 heteroatoms. The number of aromatic nitrogens is 1. The predicted molar refractivity (Wildman–Crippen MR) is 119 cm³/mol. The quantitative estimate of drug-likeness (QED) is 0.476. The number of anilines is 2. The fourth-order valence-electron chi connectivity index (χ4n) is 2.58. The van der Waals surface area contributed by atoms with Crippen LogP contribution in [0.25, 0.3) is 0 Å². The van der Waals surface area contributed by atoms with Crippen LogP contribution >= 0.6 is 0 Å². The maximum absolute atomic E-state index is 12.7. The number of pyridine rings is 1. The first-order chi connectivity index (χ1) is 14.6. The third kappa shape index (κ3) is 5.18. The van der Waals surface area contributed by atoms with Gasteiger partial charge in [-0.3, -0.25) is 14.6 Å². The Hall–Kier alpha value is -4.24. The summed E-state index contributed by atoms with van der Waals surface area (Å²) in [5.41, 5.74) is 2.52. The Morgan fingerprint density at radius 1 is 1.00 bits per heavy atom. The van der Waals surface area contributed by atoms with E-state index in [-0.39, 0.29) is 5.91 Å². The highest BCUT2D eigenvalue weighted by Crippen LogP contribution is 2.19. The summed E-state index contributed by atoms with van der Waals surface area (Å²) in [7, 11) is 0. The van der Waals surface area contributed by atoms with Crippen LogP contribution in [0.1, 0.15) is 33.2 Å². The molecule has 0 saturated carbocycles. The second kappa shape index (κ2) is 9.80. The van der Waals surface area contributed by atoms with E-state index in [4.69, 9.17) is 6.42 Å². The summed E-state index contributed by atoms with van der Waals surface area (Å²) in [6.45, 7) is 1.88. The third-order valence-corrected chi connectivity index (χ3v) is 4.09. The molecule has 0 bridgehead atoms. The lowest BCUT2D eigenvalue weighted by molar-refractivity contribution is 0.102. The van der Waals surface area contributed by atoms with E-state index in [0.29, 0.717) is 28.2 Å². The Bertz CT molecular complexity index is 1110. The molecule has 0 fully saturated rings. The Balaban J connectivity index is 1.74. The van der Waals surface area contributed by atoms with Gasteiger partial charge in [0.1, 0.15) is 5.82 Å². The van der Waals surface area contributed by atoms with Crippen LogP contribution in [0.2, 0.25) is 0 Å². The number of rotatable bonds is 6. The lowest BCUT2D eigenvalue weighted by Crippen LogP contribution is -2.18. The normalized spacial score (nSPS) is 10.4. The SMILES string of the molecule is C#Cc1ccc(NC(=O)c2ccccc2NC(=O)c2ccc(N=C[CH]C)cc2)nc1. The number of hydrogen-bond donors (Lipinski definition) is 2. The van der Waals surface area contributed by atoms with E-state index < -0.39 is 5.91 Å². The zero-order valence-electron chi connectivity index (χ0n) is 16.3. The predicted octanol–water partition coefficient (Wildman–Crippen LogP) is 4.49. The van der Waals surface area contributed by atoms with Gasteiger partial charge in [-0.15, -0.1) is 6.42 Å². The topological polar surface area (TPSA) is 83.5 Å². The molecule has 0 atom stereocenters. The van der Waals surface area contributed by atoms with Crippen molar-refractivity contribution in [3.63, 3.8) is 0 Å². The number of terminal acetylenes is 1. The molecule has 2 amide bonds. The van der Waals surface area contributed by atoms with Gasteiger partial charge in [-0.1, -0.05) is 25.0 Å². The lowest BCUT2D eigenvalue weighted by Gasteiger charge is -2.11. The summed E-state index contributed by atoms with van der Waals surface area (Å²) in [6.07, 6.45) is 10.3. The van der Waals surface area contributed by atoms with Crippen molar-refractivity contribution < 1.29 is 9.59 Å². The average molecular weight is 395 g/mol. The number of benzene rings is 2. The molecule has 1 heterocycles. The van der Waals surface area contributed by atoms with E-state index >= 15 is 0 Å². The molecule has 1 aromatic heterocycles.